The number of hydrogen-bond donors (Lipinski definition) is 2. The quantitative estimate of drug-likeness (QED) is 0.655. The number of amides is 1. The number of para-hydroxylation sites is 2. The van der Waals surface area contributed by atoms with E-state index in [1.54, 1.807) is 18.2 Å². The molecule has 0 aliphatic carbocycles. The van der Waals surface area contributed by atoms with Gasteiger partial charge in [-0.05, 0) is 45.0 Å². The van der Waals surface area contributed by atoms with Gasteiger partial charge in [-0.15, -0.1) is 0 Å². The van der Waals surface area contributed by atoms with Crippen LogP contribution in [0.4, 0.5) is 11.4 Å². The van der Waals surface area contributed by atoms with Crippen LogP contribution >= 0.6 is 0 Å². The van der Waals surface area contributed by atoms with Crippen molar-refractivity contribution in [2.45, 2.75) is 20.8 Å². The Balaban J connectivity index is 1.72. The molecule has 3 rings (SSSR count). The van der Waals surface area contributed by atoms with E-state index in [0.717, 1.165) is 17.1 Å². The third-order valence-corrected chi connectivity index (χ3v) is 4.30. The smallest absolute Gasteiger partial charge is 0.243 e. The van der Waals surface area contributed by atoms with Gasteiger partial charge in [-0.3, -0.25) is 9.59 Å². The zero-order valence-corrected chi connectivity index (χ0v) is 15.6. The number of benzene rings is 2. The zero-order valence-electron chi connectivity index (χ0n) is 15.6. The molecule has 0 unspecified atom stereocenters. The molecule has 0 saturated carbocycles. The molecular weight excluding hydrogens is 340 g/mol. The van der Waals surface area contributed by atoms with Crippen molar-refractivity contribution in [3.8, 4) is 5.69 Å². The molecule has 1 heterocycles. The lowest BCUT2D eigenvalue weighted by atomic mass is 10.1. The number of Topliss-reactive ketones (excluding diaryl/α,β-unsaturated/α-hetero) is 1. The number of carbonyl (C=O) groups is 2. The number of hydrogen-bond acceptors (Lipinski definition) is 4. The summed E-state index contributed by atoms with van der Waals surface area (Å²) in [6, 6.07) is 16.9. The molecule has 0 spiro atoms. The van der Waals surface area contributed by atoms with E-state index in [9.17, 15) is 9.59 Å². The lowest BCUT2D eigenvalue weighted by molar-refractivity contribution is -0.114. The van der Waals surface area contributed by atoms with Crippen molar-refractivity contribution in [2.75, 3.05) is 17.2 Å². The Morgan fingerprint density at radius 2 is 1.67 bits per heavy atom. The first-order chi connectivity index (χ1) is 13.0. The SMILES string of the molecule is CC(=O)c1ccccc1NCC(=O)Nc1c(C)nn(-c2ccccc2)c1C. The first-order valence-electron chi connectivity index (χ1n) is 8.72. The maximum absolute atomic E-state index is 12.4. The lowest BCUT2D eigenvalue weighted by Crippen LogP contribution is -2.23. The van der Waals surface area contributed by atoms with E-state index in [0.29, 0.717) is 16.9 Å². The molecule has 0 aliphatic rings. The maximum atomic E-state index is 12.4. The minimum absolute atomic E-state index is 0.0469. The third-order valence-electron chi connectivity index (χ3n) is 4.30. The van der Waals surface area contributed by atoms with E-state index >= 15 is 0 Å². The van der Waals surface area contributed by atoms with Crippen molar-refractivity contribution in [1.29, 1.82) is 0 Å². The van der Waals surface area contributed by atoms with E-state index in [1.807, 2.05) is 54.9 Å². The molecule has 6 heteroatoms. The van der Waals surface area contributed by atoms with Crippen molar-refractivity contribution >= 4 is 23.1 Å². The second kappa shape index (κ2) is 7.86. The molecule has 2 aromatic carbocycles. The van der Waals surface area contributed by atoms with E-state index < -0.39 is 0 Å². The van der Waals surface area contributed by atoms with Crippen LogP contribution in [-0.4, -0.2) is 28.0 Å². The van der Waals surface area contributed by atoms with Gasteiger partial charge in [-0.1, -0.05) is 30.3 Å². The molecule has 0 bridgehead atoms. The Labute approximate surface area is 158 Å². The summed E-state index contributed by atoms with van der Waals surface area (Å²) in [6.45, 7) is 5.34. The van der Waals surface area contributed by atoms with Gasteiger partial charge in [0.15, 0.2) is 5.78 Å². The molecule has 0 saturated heterocycles. The summed E-state index contributed by atoms with van der Waals surface area (Å²) >= 11 is 0. The monoisotopic (exact) mass is 362 g/mol. The van der Waals surface area contributed by atoms with Crippen LogP contribution in [-0.2, 0) is 4.79 Å². The van der Waals surface area contributed by atoms with Gasteiger partial charge >= 0.3 is 0 Å². The number of aromatic nitrogens is 2. The third kappa shape index (κ3) is 4.06. The predicted molar refractivity (Wildman–Crippen MR) is 107 cm³/mol. The van der Waals surface area contributed by atoms with Crippen LogP contribution in [0, 0.1) is 13.8 Å². The van der Waals surface area contributed by atoms with Crippen molar-refractivity contribution in [1.82, 2.24) is 9.78 Å². The summed E-state index contributed by atoms with van der Waals surface area (Å²) in [7, 11) is 0. The number of nitrogens with one attached hydrogen (secondary N) is 2. The van der Waals surface area contributed by atoms with Crippen LogP contribution in [0.2, 0.25) is 0 Å². The van der Waals surface area contributed by atoms with E-state index in [-0.39, 0.29) is 18.2 Å². The summed E-state index contributed by atoms with van der Waals surface area (Å²) in [5, 5.41) is 10.5. The summed E-state index contributed by atoms with van der Waals surface area (Å²) in [5.41, 5.74) is 4.45. The molecule has 2 N–H and O–H groups in total. The molecular formula is C21H22N4O2. The van der Waals surface area contributed by atoms with Gasteiger partial charge in [-0.25, -0.2) is 4.68 Å². The van der Waals surface area contributed by atoms with E-state index in [2.05, 4.69) is 15.7 Å². The molecule has 1 aromatic heterocycles. The average molecular weight is 362 g/mol. The van der Waals surface area contributed by atoms with Crippen LogP contribution in [0.5, 0.6) is 0 Å². The summed E-state index contributed by atoms with van der Waals surface area (Å²) < 4.78 is 1.81. The Morgan fingerprint density at radius 1 is 1.00 bits per heavy atom. The van der Waals surface area contributed by atoms with Crippen LogP contribution in [0.1, 0.15) is 28.7 Å². The number of carbonyl (C=O) groups excluding carboxylic acids is 2. The summed E-state index contributed by atoms with van der Waals surface area (Å²) in [6.07, 6.45) is 0. The molecule has 6 nitrogen and oxygen atoms in total. The standard InChI is InChI=1S/C21H22N4O2/c1-14-21(15(2)25(24-14)17-9-5-4-6-10-17)23-20(27)13-22-19-12-8-7-11-18(19)16(3)26/h4-12,22H,13H2,1-3H3,(H,23,27). The van der Waals surface area contributed by atoms with Gasteiger partial charge in [0.25, 0.3) is 0 Å². The first kappa shape index (κ1) is 18.4. The second-order valence-electron chi connectivity index (χ2n) is 6.30. The maximum Gasteiger partial charge on any atom is 0.243 e. The molecule has 1 amide bonds. The van der Waals surface area contributed by atoms with Crippen LogP contribution in [0.15, 0.2) is 54.6 Å². The van der Waals surface area contributed by atoms with Crippen molar-refractivity contribution in [3.05, 3.63) is 71.5 Å². The highest BCUT2D eigenvalue weighted by Gasteiger charge is 2.15. The Hall–Kier alpha value is -3.41. The van der Waals surface area contributed by atoms with E-state index in [4.69, 9.17) is 0 Å². The number of aryl methyl sites for hydroxylation is 1. The van der Waals surface area contributed by atoms with Crippen molar-refractivity contribution in [3.63, 3.8) is 0 Å². The van der Waals surface area contributed by atoms with Crippen LogP contribution < -0.4 is 10.6 Å². The molecule has 138 valence electrons. The predicted octanol–water partition coefficient (Wildman–Crippen LogP) is 3.74. The fourth-order valence-electron chi connectivity index (χ4n) is 2.95. The lowest BCUT2D eigenvalue weighted by Gasteiger charge is -2.11. The molecule has 3 aromatic rings. The zero-order chi connectivity index (χ0) is 19.4. The highest BCUT2D eigenvalue weighted by molar-refractivity contribution is 6.01. The summed E-state index contributed by atoms with van der Waals surface area (Å²) in [4.78, 5) is 24.1. The highest BCUT2D eigenvalue weighted by Crippen LogP contribution is 2.23. The number of anilines is 2. The van der Waals surface area contributed by atoms with Gasteiger partial charge in [-0.2, -0.15) is 5.10 Å². The largest absolute Gasteiger partial charge is 0.376 e. The normalized spacial score (nSPS) is 10.5. The Bertz CT molecular complexity index is 977. The highest BCUT2D eigenvalue weighted by atomic mass is 16.2. The fourth-order valence-corrected chi connectivity index (χ4v) is 2.95. The van der Waals surface area contributed by atoms with Gasteiger partial charge in [0.2, 0.25) is 5.91 Å². The molecule has 27 heavy (non-hydrogen) atoms. The molecule has 0 radical (unpaired) electrons. The minimum atomic E-state index is -0.202. The van der Waals surface area contributed by atoms with Gasteiger partial charge in [0.1, 0.15) is 0 Å². The van der Waals surface area contributed by atoms with E-state index in [1.165, 1.54) is 6.92 Å². The van der Waals surface area contributed by atoms with Gasteiger partial charge < -0.3 is 10.6 Å². The van der Waals surface area contributed by atoms with Crippen LogP contribution in [0.3, 0.4) is 0 Å². The summed E-state index contributed by atoms with van der Waals surface area (Å²) in [5.74, 6) is -0.249. The fraction of sp³-hybridized carbons (Fsp3) is 0.190. The minimum Gasteiger partial charge on any atom is -0.376 e. The van der Waals surface area contributed by atoms with Gasteiger partial charge in [0, 0.05) is 11.3 Å². The molecule has 0 atom stereocenters. The average Bonchev–Trinajstić information content (AvgIpc) is 2.95. The number of ketones is 1. The second-order valence-corrected chi connectivity index (χ2v) is 6.30. The Morgan fingerprint density at radius 3 is 2.37 bits per heavy atom. The van der Waals surface area contributed by atoms with Crippen molar-refractivity contribution in [2.24, 2.45) is 0 Å². The molecule has 0 aliphatic heterocycles. The number of nitrogens with zero attached hydrogens (tertiary/aromatic N) is 2. The first-order valence-corrected chi connectivity index (χ1v) is 8.72. The Kier molecular flexibility index (Phi) is 5.35. The van der Waals surface area contributed by atoms with Crippen LogP contribution in [0.25, 0.3) is 5.69 Å². The molecule has 0 fully saturated rings. The van der Waals surface area contributed by atoms with Crippen molar-refractivity contribution < 1.29 is 9.59 Å². The topological polar surface area (TPSA) is 76.0 Å². The van der Waals surface area contributed by atoms with Gasteiger partial charge in [0.05, 0.1) is 29.3 Å². The number of rotatable bonds is 6.